The van der Waals surface area contributed by atoms with Gasteiger partial charge >= 0.3 is 0 Å². The highest BCUT2D eigenvalue weighted by atomic mass is 32.2. The van der Waals surface area contributed by atoms with Crippen LogP contribution < -0.4 is 0 Å². The predicted molar refractivity (Wildman–Crippen MR) is 95.6 cm³/mol. The van der Waals surface area contributed by atoms with Gasteiger partial charge in [0.15, 0.2) is 0 Å². The zero-order chi connectivity index (χ0) is 18.0. The molecule has 0 amide bonds. The van der Waals surface area contributed by atoms with Crippen molar-refractivity contribution in [1.82, 2.24) is 4.31 Å². The summed E-state index contributed by atoms with van der Waals surface area (Å²) in [4.78, 5) is 10.5. The van der Waals surface area contributed by atoms with Crippen LogP contribution in [0.15, 0.2) is 59.5 Å². The summed E-state index contributed by atoms with van der Waals surface area (Å²) < 4.78 is 27.2. The maximum atomic E-state index is 12.9. The second kappa shape index (κ2) is 6.78. The van der Waals surface area contributed by atoms with Gasteiger partial charge in [-0.1, -0.05) is 42.5 Å². The van der Waals surface area contributed by atoms with Gasteiger partial charge in [-0.3, -0.25) is 10.1 Å². The van der Waals surface area contributed by atoms with Crippen molar-refractivity contribution in [2.45, 2.75) is 18.2 Å². The van der Waals surface area contributed by atoms with E-state index in [4.69, 9.17) is 0 Å². The summed E-state index contributed by atoms with van der Waals surface area (Å²) in [6.07, 6.45) is 2.51. The molecule has 7 heteroatoms. The lowest BCUT2D eigenvalue weighted by Gasteiger charge is -2.26. The Morgan fingerprint density at radius 2 is 1.80 bits per heavy atom. The van der Waals surface area contributed by atoms with E-state index in [1.807, 2.05) is 36.4 Å². The van der Waals surface area contributed by atoms with Crippen molar-refractivity contribution in [3.63, 3.8) is 0 Å². The minimum atomic E-state index is -3.77. The summed E-state index contributed by atoms with van der Waals surface area (Å²) in [6, 6.07) is 14.0. The van der Waals surface area contributed by atoms with Crippen LogP contribution in [-0.4, -0.2) is 30.7 Å². The van der Waals surface area contributed by atoms with Crippen LogP contribution in [0.2, 0.25) is 0 Å². The molecular formula is C18H18N2O4S. The van der Waals surface area contributed by atoms with Gasteiger partial charge in [-0.05, 0) is 30.5 Å². The molecule has 0 atom stereocenters. The third-order valence-corrected chi connectivity index (χ3v) is 6.40. The van der Waals surface area contributed by atoms with Crippen LogP contribution in [0.3, 0.4) is 0 Å². The maximum Gasteiger partial charge on any atom is 0.273 e. The van der Waals surface area contributed by atoms with Crippen molar-refractivity contribution >= 4 is 21.3 Å². The third kappa shape index (κ3) is 3.33. The summed E-state index contributed by atoms with van der Waals surface area (Å²) in [6.45, 7) is 2.08. The third-order valence-electron chi connectivity index (χ3n) is 4.39. The number of nitro benzene ring substituents is 1. The molecule has 130 valence electrons. The van der Waals surface area contributed by atoms with Gasteiger partial charge in [0.05, 0.1) is 9.82 Å². The second-order valence-electron chi connectivity index (χ2n) is 5.87. The van der Waals surface area contributed by atoms with Crippen molar-refractivity contribution in [3.05, 3.63) is 75.8 Å². The normalized spacial score (nSPS) is 15.6. The number of hydrogen-bond donors (Lipinski definition) is 0. The highest BCUT2D eigenvalue weighted by Crippen LogP contribution is 2.30. The van der Waals surface area contributed by atoms with E-state index in [0.717, 1.165) is 11.1 Å². The van der Waals surface area contributed by atoms with E-state index >= 15 is 0 Å². The molecule has 1 aliphatic heterocycles. The van der Waals surface area contributed by atoms with Crippen LogP contribution in [0.5, 0.6) is 0 Å². The molecule has 0 N–H and O–H groups in total. The lowest BCUT2D eigenvalue weighted by molar-refractivity contribution is -0.385. The molecule has 3 rings (SSSR count). The van der Waals surface area contributed by atoms with Gasteiger partial charge in [-0.2, -0.15) is 4.31 Å². The Labute approximate surface area is 146 Å². The number of hydrogen-bond acceptors (Lipinski definition) is 4. The van der Waals surface area contributed by atoms with Crippen molar-refractivity contribution < 1.29 is 13.3 Å². The molecule has 0 aliphatic carbocycles. The van der Waals surface area contributed by atoms with Gasteiger partial charge in [0, 0.05) is 24.7 Å². The van der Waals surface area contributed by atoms with Crippen molar-refractivity contribution in [1.29, 1.82) is 0 Å². The summed E-state index contributed by atoms with van der Waals surface area (Å²) >= 11 is 0. The lowest BCUT2D eigenvalue weighted by atomic mass is 10.0. The molecule has 2 aromatic rings. The van der Waals surface area contributed by atoms with Crippen molar-refractivity contribution in [2.75, 3.05) is 13.1 Å². The quantitative estimate of drug-likeness (QED) is 0.620. The fourth-order valence-electron chi connectivity index (χ4n) is 3.00. The first-order chi connectivity index (χ1) is 11.9. The van der Waals surface area contributed by atoms with Gasteiger partial charge in [-0.15, -0.1) is 0 Å². The van der Waals surface area contributed by atoms with Crippen LogP contribution in [0, 0.1) is 17.0 Å². The van der Waals surface area contributed by atoms with E-state index in [-0.39, 0.29) is 22.7 Å². The Morgan fingerprint density at radius 3 is 2.40 bits per heavy atom. The summed E-state index contributed by atoms with van der Waals surface area (Å²) in [5, 5.41) is 11.1. The molecule has 0 saturated heterocycles. The number of benzene rings is 2. The predicted octanol–water partition coefficient (Wildman–Crippen LogP) is 3.38. The Bertz CT molecular complexity index is 937. The van der Waals surface area contributed by atoms with E-state index in [2.05, 4.69) is 0 Å². The second-order valence-corrected chi connectivity index (χ2v) is 7.77. The fourth-order valence-corrected chi connectivity index (χ4v) is 4.63. The Kier molecular flexibility index (Phi) is 4.69. The average Bonchev–Trinajstić information content (AvgIpc) is 2.62. The first kappa shape index (κ1) is 17.3. The zero-order valence-corrected chi connectivity index (χ0v) is 14.6. The van der Waals surface area contributed by atoms with E-state index < -0.39 is 14.9 Å². The van der Waals surface area contributed by atoms with E-state index in [0.29, 0.717) is 13.0 Å². The summed E-state index contributed by atoms with van der Waals surface area (Å²) in [5.74, 6) is 0. The van der Waals surface area contributed by atoms with Gasteiger partial charge in [0.2, 0.25) is 10.0 Å². The first-order valence-corrected chi connectivity index (χ1v) is 9.34. The molecule has 0 spiro atoms. The lowest BCUT2D eigenvalue weighted by Crippen LogP contribution is -2.35. The van der Waals surface area contributed by atoms with Crippen LogP contribution in [-0.2, 0) is 10.0 Å². The highest BCUT2D eigenvalue weighted by Gasteiger charge is 2.30. The van der Waals surface area contributed by atoms with Crippen molar-refractivity contribution in [2.24, 2.45) is 0 Å². The topological polar surface area (TPSA) is 80.5 Å². The van der Waals surface area contributed by atoms with Gasteiger partial charge in [0.25, 0.3) is 5.69 Å². The van der Waals surface area contributed by atoms with Gasteiger partial charge < -0.3 is 0 Å². The zero-order valence-electron chi connectivity index (χ0n) is 13.8. The first-order valence-electron chi connectivity index (χ1n) is 7.90. The largest absolute Gasteiger partial charge is 0.273 e. The molecule has 1 aliphatic rings. The highest BCUT2D eigenvalue weighted by molar-refractivity contribution is 7.89. The molecule has 0 radical (unpaired) electrons. The SMILES string of the molecule is Cc1c([N+](=O)[O-])cccc1S(=O)(=O)N1CC=C(c2ccccc2)CC1. The molecule has 6 nitrogen and oxygen atoms in total. The number of nitrogens with zero attached hydrogens (tertiary/aromatic N) is 2. The van der Waals surface area contributed by atoms with Gasteiger partial charge in [0.1, 0.15) is 0 Å². The van der Waals surface area contributed by atoms with Crippen LogP contribution >= 0.6 is 0 Å². The van der Waals surface area contributed by atoms with Crippen LogP contribution in [0.1, 0.15) is 17.5 Å². The number of nitro groups is 1. The smallest absolute Gasteiger partial charge is 0.258 e. The average molecular weight is 358 g/mol. The van der Waals surface area contributed by atoms with E-state index in [9.17, 15) is 18.5 Å². The molecule has 0 bridgehead atoms. The molecule has 0 saturated carbocycles. The Morgan fingerprint density at radius 1 is 1.08 bits per heavy atom. The van der Waals surface area contributed by atoms with Gasteiger partial charge in [-0.25, -0.2) is 8.42 Å². The molecule has 0 aromatic heterocycles. The van der Waals surface area contributed by atoms with Crippen LogP contribution in [0.4, 0.5) is 5.69 Å². The molecule has 0 unspecified atom stereocenters. The Hall–Kier alpha value is -2.51. The van der Waals surface area contributed by atoms with E-state index in [1.165, 1.54) is 29.4 Å². The molecule has 2 aromatic carbocycles. The summed E-state index contributed by atoms with van der Waals surface area (Å²) in [7, 11) is -3.77. The molecule has 1 heterocycles. The standard InChI is InChI=1S/C18H18N2O4S/c1-14-17(20(21)22)8-5-9-18(14)25(23,24)19-12-10-16(11-13-19)15-6-3-2-4-7-15/h2-10H,11-13H2,1H3. The minimum Gasteiger partial charge on any atom is -0.258 e. The van der Waals surface area contributed by atoms with Crippen molar-refractivity contribution in [3.8, 4) is 0 Å². The maximum absolute atomic E-state index is 12.9. The van der Waals surface area contributed by atoms with Crippen LogP contribution in [0.25, 0.3) is 5.57 Å². The number of rotatable bonds is 4. The minimum absolute atomic E-state index is 0.00161. The van der Waals surface area contributed by atoms with E-state index in [1.54, 1.807) is 0 Å². The summed E-state index contributed by atoms with van der Waals surface area (Å²) in [5.41, 5.74) is 2.19. The monoisotopic (exact) mass is 358 g/mol. The molecule has 25 heavy (non-hydrogen) atoms. The molecule has 0 fully saturated rings. The Balaban J connectivity index is 1.89. The fraction of sp³-hybridized carbons (Fsp3) is 0.222. The number of sulfonamides is 1. The molecular weight excluding hydrogens is 340 g/mol.